The Morgan fingerprint density at radius 3 is 2.41 bits per heavy atom. The van der Waals surface area contributed by atoms with Crippen molar-refractivity contribution >= 4 is 0 Å². The van der Waals surface area contributed by atoms with Crippen LogP contribution >= 0.6 is 0 Å². The van der Waals surface area contributed by atoms with Gasteiger partial charge in [-0.3, -0.25) is 15.4 Å². The minimum Gasteiger partial charge on any atom is -0.531 e. The summed E-state index contributed by atoms with van der Waals surface area (Å²) < 4.78 is 25.8. The van der Waals surface area contributed by atoms with Gasteiger partial charge in [0.25, 0.3) is 0 Å². The predicted octanol–water partition coefficient (Wildman–Crippen LogP) is 4.65. The minimum atomic E-state index is -0.649. The molecule has 0 unspecified atom stereocenters. The van der Waals surface area contributed by atoms with Crippen LogP contribution in [0.5, 0.6) is 0 Å². The third-order valence-electron chi connectivity index (χ3n) is 2.22. The number of hydrogen-bond acceptors (Lipinski definition) is 2. The van der Waals surface area contributed by atoms with E-state index in [4.69, 9.17) is 11.7 Å². The van der Waals surface area contributed by atoms with Crippen LogP contribution in [0.15, 0.2) is 53.9 Å². The van der Waals surface area contributed by atoms with Gasteiger partial charge in [-0.25, -0.2) is 5.57 Å². The Balaban J connectivity index is 0.000000478. The number of halogens is 2. The molecule has 0 amide bonds. The molecule has 2 rings (SSSR count). The molecule has 1 aromatic carbocycles. The van der Waals surface area contributed by atoms with Gasteiger partial charge in [0.05, 0.1) is 0 Å². The van der Waals surface area contributed by atoms with Crippen LogP contribution in [0, 0.1) is 24.3 Å². The van der Waals surface area contributed by atoms with Gasteiger partial charge < -0.3 is 10.1 Å². The van der Waals surface area contributed by atoms with E-state index in [2.05, 4.69) is 11.1 Å². The van der Waals surface area contributed by atoms with Crippen LogP contribution in [0.25, 0.3) is 11.3 Å². The van der Waals surface area contributed by atoms with E-state index in [0.29, 0.717) is 11.3 Å². The Bertz CT molecular complexity index is 638. The topological polar surface area (TPSA) is 33.1 Å². The number of allylic oxidation sites excluding steroid dienone is 3. The van der Waals surface area contributed by atoms with Crippen LogP contribution in [0.2, 0.25) is 0 Å². The minimum absolute atomic E-state index is 0. The van der Waals surface area contributed by atoms with E-state index in [0.717, 1.165) is 12.1 Å². The van der Waals surface area contributed by atoms with Gasteiger partial charge in [-0.1, -0.05) is 30.7 Å². The van der Waals surface area contributed by atoms with Gasteiger partial charge in [0.2, 0.25) is 0 Å². The maximum absolute atomic E-state index is 13.2. The third-order valence-corrected chi connectivity index (χ3v) is 2.22. The van der Waals surface area contributed by atoms with Crippen molar-refractivity contribution in [1.82, 2.24) is 4.98 Å². The fourth-order valence-corrected chi connectivity index (χ4v) is 1.48. The molecule has 0 atom stereocenters. The first-order valence-electron chi connectivity index (χ1n) is 6.14. The van der Waals surface area contributed by atoms with E-state index >= 15 is 0 Å². The van der Waals surface area contributed by atoms with Crippen molar-refractivity contribution in [3.8, 4) is 11.3 Å². The fourth-order valence-electron chi connectivity index (χ4n) is 1.48. The van der Waals surface area contributed by atoms with E-state index in [-0.39, 0.29) is 32.4 Å². The maximum atomic E-state index is 13.2. The molecule has 0 aliphatic heterocycles. The molecule has 0 aliphatic carbocycles. The standard InChI is InChI=1S/C11H6F2N.C6H9O.Pt/c12-8-4-5-9(10(13)7-8)11-3-1-2-6-14-11;1-5(2)4-6(3)7;/h1-4,6-7H;1,4,7H,2-3H3;/q2*-1;+2/b;6-4-;. The number of pyridine rings is 1. The monoisotopic (exact) mass is 482 g/mol. The van der Waals surface area contributed by atoms with Gasteiger partial charge in [0.15, 0.2) is 0 Å². The van der Waals surface area contributed by atoms with Crippen LogP contribution in [0.4, 0.5) is 8.78 Å². The van der Waals surface area contributed by atoms with Crippen molar-refractivity contribution < 1.29 is 35.0 Å². The van der Waals surface area contributed by atoms with Gasteiger partial charge in [0, 0.05) is 23.6 Å². The molecule has 2 nitrogen and oxygen atoms in total. The summed E-state index contributed by atoms with van der Waals surface area (Å²) >= 11 is 0. The summed E-state index contributed by atoms with van der Waals surface area (Å²) in [5, 5.41) is 8.48. The summed E-state index contributed by atoms with van der Waals surface area (Å²) in [6.45, 7) is 8.48. The van der Waals surface area contributed by atoms with Crippen LogP contribution < -0.4 is 0 Å². The molecular formula is C17H15F2NOPt. The van der Waals surface area contributed by atoms with Crippen molar-refractivity contribution in [2.45, 2.75) is 13.8 Å². The average molecular weight is 482 g/mol. The zero-order valence-electron chi connectivity index (χ0n) is 12.1. The van der Waals surface area contributed by atoms with Gasteiger partial charge in [-0.05, 0) is 18.7 Å². The molecule has 0 radical (unpaired) electrons. The smallest absolute Gasteiger partial charge is 0.531 e. The van der Waals surface area contributed by atoms with Crippen LogP contribution in [0.3, 0.4) is 0 Å². The second kappa shape index (κ2) is 10.0. The first kappa shape index (κ1) is 20.2. The summed E-state index contributed by atoms with van der Waals surface area (Å²) in [7, 11) is 0. The summed E-state index contributed by atoms with van der Waals surface area (Å²) in [6, 6.07) is 9.53. The number of hydrogen-bond donors (Lipinski definition) is 1. The molecule has 1 heterocycles. The molecule has 22 heavy (non-hydrogen) atoms. The molecular weight excluding hydrogens is 467 g/mol. The molecule has 1 aromatic heterocycles. The van der Waals surface area contributed by atoms with E-state index in [9.17, 15) is 8.78 Å². The number of benzene rings is 1. The van der Waals surface area contributed by atoms with Gasteiger partial charge in [0.1, 0.15) is 0 Å². The molecule has 0 saturated heterocycles. The Hall–Kier alpha value is -1.80. The molecule has 0 bridgehead atoms. The Kier molecular flexibility index (Phi) is 9.19. The van der Waals surface area contributed by atoms with Gasteiger partial charge in [-0.2, -0.15) is 6.08 Å². The number of aromatic nitrogens is 1. The van der Waals surface area contributed by atoms with Gasteiger partial charge in [-0.15, -0.1) is 12.1 Å². The summed E-state index contributed by atoms with van der Waals surface area (Å²) in [6.07, 6.45) is 3.05. The summed E-state index contributed by atoms with van der Waals surface area (Å²) in [5.41, 5.74) is 1.26. The van der Waals surface area contributed by atoms with Crippen molar-refractivity contribution in [2.75, 3.05) is 0 Å². The number of aliphatic hydroxyl groups excluding tert-OH is 1. The van der Waals surface area contributed by atoms with Crippen LogP contribution in [-0.2, 0) is 21.1 Å². The molecule has 0 saturated carbocycles. The third kappa shape index (κ3) is 7.28. The quantitative estimate of drug-likeness (QED) is 0.384. The van der Waals surface area contributed by atoms with Crippen molar-refractivity contribution in [1.29, 1.82) is 0 Å². The Morgan fingerprint density at radius 1 is 1.32 bits per heavy atom. The zero-order valence-corrected chi connectivity index (χ0v) is 14.4. The Morgan fingerprint density at radius 2 is 2.00 bits per heavy atom. The van der Waals surface area contributed by atoms with Crippen molar-refractivity contribution in [3.63, 3.8) is 0 Å². The fraction of sp³-hybridized carbons (Fsp3) is 0.118. The molecule has 1 N–H and O–H groups in total. The van der Waals surface area contributed by atoms with E-state index < -0.39 is 11.6 Å². The molecule has 5 heteroatoms. The zero-order chi connectivity index (χ0) is 15.8. The van der Waals surface area contributed by atoms with E-state index in [1.54, 1.807) is 38.2 Å². The predicted molar refractivity (Wildman–Crippen MR) is 78.3 cm³/mol. The molecule has 0 spiro atoms. The summed E-state index contributed by atoms with van der Waals surface area (Å²) in [4.78, 5) is 3.95. The maximum Gasteiger partial charge on any atom is 2.00 e. The van der Waals surface area contributed by atoms with Crippen LogP contribution in [-0.4, -0.2) is 10.1 Å². The first-order chi connectivity index (χ1) is 9.90. The van der Waals surface area contributed by atoms with E-state index in [1.165, 1.54) is 6.08 Å². The second-order valence-corrected chi connectivity index (χ2v) is 4.29. The number of rotatable bonds is 2. The number of nitrogens with zero attached hydrogens (tertiary/aromatic N) is 1. The summed E-state index contributed by atoms with van der Waals surface area (Å²) in [5.74, 6) is -1.04. The van der Waals surface area contributed by atoms with Gasteiger partial charge >= 0.3 is 21.1 Å². The molecule has 118 valence electrons. The molecule has 0 fully saturated rings. The largest absolute Gasteiger partial charge is 2.00 e. The Labute approximate surface area is 143 Å². The molecule has 2 aromatic rings. The normalized spacial score (nSPS) is 10.1. The number of aliphatic hydroxyl groups is 1. The van der Waals surface area contributed by atoms with Crippen molar-refractivity contribution in [3.05, 3.63) is 78.2 Å². The SMILES string of the molecule is Fc1c[c-]c(-c2ccccn2)c(F)c1.[CH-]=C(C)/C=C(/C)O.[Pt+2]. The first-order valence-corrected chi connectivity index (χ1v) is 6.14. The second-order valence-electron chi connectivity index (χ2n) is 4.29. The molecule has 0 aliphatic rings. The van der Waals surface area contributed by atoms with Crippen molar-refractivity contribution in [2.24, 2.45) is 0 Å². The average Bonchev–Trinajstić information content (AvgIpc) is 2.38. The van der Waals surface area contributed by atoms with Crippen LogP contribution in [0.1, 0.15) is 13.8 Å². The van der Waals surface area contributed by atoms with E-state index in [1.807, 2.05) is 0 Å².